The van der Waals surface area contributed by atoms with E-state index >= 15 is 0 Å². The minimum Gasteiger partial charge on any atom is -0.346 e. The van der Waals surface area contributed by atoms with Crippen molar-refractivity contribution in [3.8, 4) is 11.3 Å². The predicted octanol–water partition coefficient (Wildman–Crippen LogP) is 4.53. The van der Waals surface area contributed by atoms with Crippen LogP contribution in [-0.2, 0) is 0 Å². The Morgan fingerprint density at radius 3 is 2.91 bits per heavy atom. The molecule has 3 heterocycles. The molecule has 0 saturated carbocycles. The van der Waals surface area contributed by atoms with Gasteiger partial charge in [0, 0.05) is 39.7 Å². The summed E-state index contributed by atoms with van der Waals surface area (Å²) in [5.74, 6) is 0.551. The topological polar surface area (TPSA) is 66.5 Å². The highest BCUT2D eigenvalue weighted by Crippen LogP contribution is 2.23. The zero-order valence-corrected chi connectivity index (χ0v) is 13.6. The standard InChI is InChI=1S/C17H12BrN5/c18-13-2-1-3-14(9-13)22-17-20-7-5-15(23-17)12-8-11-4-6-19-16(11)21-10-12/h1-10H,(H,19,21)(H,20,22,23). The minimum atomic E-state index is 0.551. The highest BCUT2D eigenvalue weighted by Gasteiger charge is 2.05. The van der Waals surface area contributed by atoms with E-state index in [1.165, 1.54) is 0 Å². The van der Waals surface area contributed by atoms with Gasteiger partial charge in [0.1, 0.15) is 5.65 Å². The van der Waals surface area contributed by atoms with Crippen molar-refractivity contribution in [2.75, 3.05) is 5.32 Å². The van der Waals surface area contributed by atoms with Crippen LogP contribution in [0.25, 0.3) is 22.3 Å². The number of anilines is 2. The van der Waals surface area contributed by atoms with Crippen LogP contribution in [0.1, 0.15) is 0 Å². The van der Waals surface area contributed by atoms with Crippen LogP contribution in [0.3, 0.4) is 0 Å². The molecule has 0 unspecified atom stereocenters. The van der Waals surface area contributed by atoms with Crippen molar-refractivity contribution in [3.63, 3.8) is 0 Å². The van der Waals surface area contributed by atoms with Crippen LogP contribution in [0.4, 0.5) is 11.6 Å². The number of nitrogens with one attached hydrogen (secondary N) is 2. The van der Waals surface area contributed by atoms with Crippen molar-refractivity contribution in [1.82, 2.24) is 19.9 Å². The number of hydrogen-bond donors (Lipinski definition) is 2. The third-order valence-corrected chi connectivity index (χ3v) is 3.93. The van der Waals surface area contributed by atoms with Gasteiger partial charge in [-0.15, -0.1) is 0 Å². The van der Waals surface area contributed by atoms with Gasteiger partial charge in [-0.05, 0) is 36.4 Å². The summed E-state index contributed by atoms with van der Waals surface area (Å²) in [6.45, 7) is 0. The number of pyridine rings is 1. The second kappa shape index (κ2) is 5.81. The van der Waals surface area contributed by atoms with E-state index in [2.05, 4.69) is 47.2 Å². The van der Waals surface area contributed by atoms with Crippen molar-refractivity contribution in [1.29, 1.82) is 0 Å². The molecule has 5 nitrogen and oxygen atoms in total. The quantitative estimate of drug-likeness (QED) is 0.559. The van der Waals surface area contributed by atoms with Gasteiger partial charge in [0.15, 0.2) is 0 Å². The van der Waals surface area contributed by atoms with Crippen molar-refractivity contribution in [2.45, 2.75) is 0 Å². The SMILES string of the molecule is Brc1cccc(Nc2nccc(-c3cnc4[nH]ccc4c3)n2)c1. The lowest BCUT2D eigenvalue weighted by molar-refractivity contribution is 1.17. The molecule has 0 saturated heterocycles. The largest absolute Gasteiger partial charge is 0.346 e. The van der Waals surface area contributed by atoms with Crippen molar-refractivity contribution in [3.05, 3.63) is 65.5 Å². The zero-order valence-electron chi connectivity index (χ0n) is 12.0. The lowest BCUT2D eigenvalue weighted by atomic mass is 10.2. The fourth-order valence-electron chi connectivity index (χ4n) is 2.35. The highest BCUT2D eigenvalue weighted by molar-refractivity contribution is 9.10. The van der Waals surface area contributed by atoms with Crippen LogP contribution in [-0.4, -0.2) is 19.9 Å². The van der Waals surface area contributed by atoms with E-state index in [-0.39, 0.29) is 0 Å². The average molecular weight is 366 g/mol. The second-order valence-corrected chi connectivity index (χ2v) is 5.96. The Morgan fingerprint density at radius 1 is 1.04 bits per heavy atom. The van der Waals surface area contributed by atoms with Crippen LogP contribution in [0.15, 0.2) is 65.5 Å². The molecule has 2 N–H and O–H groups in total. The monoisotopic (exact) mass is 365 g/mol. The molecule has 0 radical (unpaired) electrons. The Balaban J connectivity index is 1.67. The lowest BCUT2D eigenvalue weighted by Gasteiger charge is -2.07. The van der Waals surface area contributed by atoms with Crippen molar-refractivity contribution >= 4 is 38.6 Å². The Kier molecular flexibility index (Phi) is 3.51. The molecule has 1 aromatic carbocycles. The number of rotatable bonds is 3. The first-order valence-corrected chi connectivity index (χ1v) is 7.86. The van der Waals surface area contributed by atoms with Gasteiger partial charge in [0.05, 0.1) is 5.69 Å². The van der Waals surface area contributed by atoms with E-state index in [1.54, 1.807) is 6.20 Å². The fourth-order valence-corrected chi connectivity index (χ4v) is 2.75. The summed E-state index contributed by atoms with van der Waals surface area (Å²) in [6.07, 6.45) is 5.43. The normalized spacial score (nSPS) is 10.8. The van der Waals surface area contributed by atoms with E-state index in [0.717, 1.165) is 32.5 Å². The molecule has 0 amide bonds. The highest BCUT2D eigenvalue weighted by atomic mass is 79.9. The Hall–Kier alpha value is -2.73. The number of nitrogens with zero attached hydrogens (tertiary/aromatic N) is 3. The van der Waals surface area contributed by atoms with Gasteiger partial charge in [-0.2, -0.15) is 0 Å². The van der Waals surface area contributed by atoms with Gasteiger partial charge in [-0.25, -0.2) is 15.0 Å². The summed E-state index contributed by atoms with van der Waals surface area (Å²) in [5.41, 5.74) is 3.58. The lowest BCUT2D eigenvalue weighted by Crippen LogP contribution is -1.98. The van der Waals surface area contributed by atoms with E-state index < -0.39 is 0 Å². The van der Waals surface area contributed by atoms with Gasteiger partial charge in [0.25, 0.3) is 0 Å². The van der Waals surface area contributed by atoms with E-state index in [9.17, 15) is 0 Å². The van der Waals surface area contributed by atoms with Crippen LogP contribution in [0, 0.1) is 0 Å². The third-order valence-electron chi connectivity index (χ3n) is 3.43. The molecule has 6 heteroatoms. The van der Waals surface area contributed by atoms with Gasteiger partial charge in [0.2, 0.25) is 5.95 Å². The Labute approximate surface area is 141 Å². The number of halogens is 1. The molecule has 0 bridgehead atoms. The predicted molar refractivity (Wildman–Crippen MR) is 94.5 cm³/mol. The molecule has 112 valence electrons. The van der Waals surface area contributed by atoms with Gasteiger partial charge >= 0.3 is 0 Å². The van der Waals surface area contributed by atoms with Crippen molar-refractivity contribution in [2.24, 2.45) is 0 Å². The first kappa shape index (κ1) is 13.9. The second-order valence-electron chi connectivity index (χ2n) is 5.04. The molecular formula is C17H12BrN5. The van der Waals surface area contributed by atoms with Gasteiger partial charge in [-0.1, -0.05) is 22.0 Å². The summed E-state index contributed by atoms with van der Waals surface area (Å²) < 4.78 is 1.00. The number of aromatic amines is 1. The van der Waals surface area contributed by atoms with E-state index in [0.29, 0.717) is 5.95 Å². The molecule has 23 heavy (non-hydrogen) atoms. The molecular weight excluding hydrogens is 354 g/mol. The summed E-state index contributed by atoms with van der Waals surface area (Å²) in [5, 5.41) is 4.27. The summed E-state index contributed by atoms with van der Waals surface area (Å²) in [6, 6.07) is 13.8. The minimum absolute atomic E-state index is 0.551. The number of benzene rings is 1. The number of hydrogen-bond acceptors (Lipinski definition) is 4. The van der Waals surface area contributed by atoms with E-state index in [1.807, 2.05) is 48.8 Å². The first-order chi connectivity index (χ1) is 11.3. The molecule has 0 aliphatic rings. The maximum Gasteiger partial charge on any atom is 0.227 e. The van der Waals surface area contributed by atoms with Gasteiger partial charge < -0.3 is 10.3 Å². The molecule has 0 aliphatic heterocycles. The maximum atomic E-state index is 4.57. The smallest absolute Gasteiger partial charge is 0.227 e. The maximum absolute atomic E-state index is 4.57. The number of fused-ring (bicyclic) bond motifs is 1. The first-order valence-electron chi connectivity index (χ1n) is 7.07. The molecule has 0 fully saturated rings. The fraction of sp³-hybridized carbons (Fsp3) is 0. The van der Waals surface area contributed by atoms with E-state index in [4.69, 9.17) is 0 Å². The Morgan fingerprint density at radius 2 is 2.00 bits per heavy atom. The summed E-state index contributed by atoms with van der Waals surface area (Å²) >= 11 is 3.45. The van der Waals surface area contributed by atoms with Gasteiger partial charge in [-0.3, -0.25) is 0 Å². The molecule has 3 aromatic heterocycles. The number of aromatic nitrogens is 4. The number of H-pyrrole nitrogens is 1. The zero-order chi connectivity index (χ0) is 15.6. The van der Waals surface area contributed by atoms with Crippen LogP contribution < -0.4 is 5.32 Å². The van der Waals surface area contributed by atoms with Crippen molar-refractivity contribution < 1.29 is 0 Å². The average Bonchev–Trinajstić information content (AvgIpc) is 3.03. The summed E-state index contributed by atoms with van der Waals surface area (Å²) in [7, 11) is 0. The molecule has 0 spiro atoms. The third kappa shape index (κ3) is 2.93. The summed E-state index contributed by atoms with van der Waals surface area (Å²) in [4.78, 5) is 16.3. The molecule has 0 aliphatic carbocycles. The molecule has 4 rings (SSSR count). The molecule has 4 aromatic rings. The van der Waals surface area contributed by atoms with Crippen LogP contribution >= 0.6 is 15.9 Å². The van der Waals surface area contributed by atoms with Crippen LogP contribution in [0.5, 0.6) is 0 Å². The van der Waals surface area contributed by atoms with Crippen LogP contribution in [0.2, 0.25) is 0 Å². The Bertz CT molecular complexity index is 979. The molecule has 0 atom stereocenters.